The highest BCUT2D eigenvalue weighted by Gasteiger charge is 2.25. The van der Waals surface area contributed by atoms with Crippen LogP contribution in [-0.2, 0) is 0 Å². The summed E-state index contributed by atoms with van der Waals surface area (Å²) in [5.74, 6) is 0.924. The topological polar surface area (TPSA) is 53.1 Å². The van der Waals surface area contributed by atoms with Gasteiger partial charge in [0.1, 0.15) is 5.84 Å². The van der Waals surface area contributed by atoms with E-state index >= 15 is 0 Å². The molecular weight excluding hydrogens is 290 g/mol. The molecule has 3 N–H and O–H groups in total. The molecule has 1 aromatic rings. The highest BCUT2D eigenvalue weighted by atomic mass is 79.9. The van der Waals surface area contributed by atoms with Crippen LogP contribution in [0.5, 0.6) is 0 Å². The van der Waals surface area contributed by atoms with Crippen LogP contribution in [0.3, 0.4) is 0 Å². The summed E-state index contributed by atoms with van der Waals surface area (Å²) < 4.78 is 1.04. The second kappa shape index (κ2) is 5.31. The fourth-order valence-electron chi connectivity index (χ4n) is 2.74. The molecule has 1 aromatic carbocycles. The zero-order chi connectivity index (χ0) is 13.3. The Labute approximate surface area is 117 Å². The number of benzene rings is 1. The Kier molecular flexibility index (Phi) is 3.95. The first-order valence-corrected chi connectivity index (χ1v) is 7.19. The Morgan fingerprint density at radius 2 is 2.17 bits per heavy atom. The molecule has 0 aliphatic carbocycles. The number of rotatable bonds is 2. The first-order chi connectivity index (χ1) is 8.49. The predicted octanol–water partition coefficient (Wildman–Crippen LogP) is 3.36. The third-order valence-electron chi connectivity index (χ3n) is 3.70. The van der Waals surface area contributed by atoms with Gasteiger partial charge in [-0.05, 0) is 43.9 Å². The van der Waals surface area contributed by atoms with Crippen molar-refractivity contribution in [3.63, 3.8) is 0 Å². The minimum Gasteiger partial charge on any atom is -0.384 e. The van der Waals surface area contributed by atoms with Crippen molar-refractivity contribution in [1.29, 1.82) is 5.41 Å². The Balaban J connectivity index is 2.37. The first-order valence-electron chi connectivity index (χ1n) is 6.39. The number of nitrogen functional groups attached to an aromatic ring is 1. The lowest BCUT2D eigenvalue weighted by Crippen LogP contribution is -2.41. The minimum atomic E-state index is 0.142. The SMILES string of the molecule is CC1CCN(c2cc(Br)ccc2C(=N)N)C(C)C1. The van der Waals surface area contributed by atoms with E-state index in [1.165, 1.54) is 12.8 Å². The summed E-state index contributed by atoms with van der Waals surface area (Å²) in [7, 11) is 0. The molecule has 0 saturated carbocycles. The molecule has 4 heteroatoms. The van der Waals surface area contributed by atoms with E-state index < -0.39 is 0 Å². The van der Waals surface area contributed by atoms with Crippen molar-refractivity contribution < 1.29 is 0 Å². The Bertz CT molecular complexity index is 458. The van der Waals surface area contributed by atoms with E-state index in [1.807, 2.05) is 12.1 Å². The van der Waals surface area contributed by atoms with Crippen molar-refractivity contribution in [2.24, 2.45) is 11.7 Å². The normalized spacial score (nSPS) is 24.1. The van der Waals surface area contributed by atoms with Gasteiger partial charge in [0.25, 0.3) is 0 Å². The van der Waals surface area contributed by atoms with Crippen LogP contribution in [0, 0.1) is 11.3 Å². The number of halogens is 1. The molecule has 2 atom stereocenters. The van der Waals surface area contributed by atoms with Crippen LogP contribution in [0.25, 0.3) is 0 Å². The standard InChI is InChI=1S/C14H20BrN3/c1-9-5-6-18(10(2)7-9)13-8-11(15)3-4-12(13)14(16)17/h3-4,8-10H,5-7H2,1-2H3,(H3,16,17). The van der Waals surface area contributed by atoms with Gasteiger partial charge in [0, 0.05) is 28.3 Å². The summed E-state index contributed by atoms with van der Waals surface area (Å²) in [4.78, 5) is 2.38. The van der Waals surface area contributed by atoms with Gasteiger partial charge in [-0.3, -0.25) is 5.41 Å². The molecule has 0 aromatic heterocycles. The second-order valence-corrected chi connectivity index (χ2v) is 6.16. The van der Waals surface area contributed by atoms with Gasteiger partial charge in [0.05, 0.1) is 0 Å². The number of nitrogens with one attached hydrogen (secondary N) is 1. The fourth-order valence-corrected chi connectivity index (χ4v) is 3.08. The van der Waals surface area contributed by atoms with Crippen molar-refractivity contribution in [3.05, 3.63) is 28.2 Å². The van der Waals surface area contributed by atoms with E-state index in [-0.39, 0.29) is 5.84 Å². The summed E-state index contributed by atoms with van der Waals surface area (Å²) in [6, 6.07) is 6.44. The van der Waals surface area contributed by atoms with Crippen LogP contribution in [-0.4, -0.2) is 18.4 Å². The lowest BCUT2D eigenvalue weighted by atomic mass is 9.92. The molecule has 18 heavy (non-hydrogen) atoms. The summed E-state index contributed by atoms with van der Waals surface area (Å²) >= 11 is 3.51. The van der Waals surface area contributed by atoms with Crippen molar-refractivity contribution in [2.75, 3.05) is 11.4 Å². The van der Waals surface area contributed by atoms with Crippen LogP contribution in [0.4, 0.5) is 5.69 Å². The van der Waals surface area contributed by atoms with Crippen LogP contribution in [0.1, 0.15) is 32.3 Å². The second-order valence-electron chi connectivity index (χ2n) is 5.25. The molecule has 0 radical (unpaired) electrons. The van der Waals surface area contributed by atoms with Gasteiger partial charge in [0.15, 0.2) is 0 Å². The van der Waals surface area contributed by atoms with Crippen molar-refractivity contribution in [1.82, 2.24) is 0 Å². The predicted molar refractivity (Wildman–Crippen MR) is 80.4 cm³/mol. The largest absolute Gasteiger partial charge is 0.384 e. The maximum absolute atomic E-state index is 7.71. The average Bonchev–Trinajstić information content (AvgIpc) is 2.28. The zero-order valence-corrected chi connectivity index (χ0v) is 12.5. The number of anilines is 1. The van der Waals surface area contributed by atoms with E-state index in [1.54, 1.807) is 0 Å². The van der Waals surface area contributed by atoms with Gasteiger partial charge in [-0.1, -0.05) is 22.9 Å². The summed E-state index contributed by atoms with van der Waals surface area (Å²) in [5.41, 5.74) is 7.60. The number of amidine groups is 1. The van der Waals surface area contributed by atoms with Crippen molar-refractivity contribution in [3.8, 4) is 0 Å². The maximum atomic E-state index is 7.71. The molecule has 1 saturated heterocycles. The highest BCUT2D eigenvalue weighted by molar-refractivity contribution is 9.10. The summed E-state index contributed by atoms with van der Waals surface area (Å²) in [6.07, 6.45) is 2.40. The van der Waals surface area contributed by atoms with Crippen LogP contribution >= 0.6 is 15.9 Å². The van der Waals surface area contributed by atoms with Crippen LogP contribution < -0.4 is 10.6 Å². The van der Waals surface area contributed by atoms with Gasteiger partial charge in [-0.25, -0.2) is 0 Å². The average molecular weight is 310 g/mol. The highest BCUT2D eigenvalue weighted by Crippen LogP contribution is 2.32. The summed E-state index contributed by atoms with van der Waals surface area (Å²) in [5, 5.41) is 7.71. The molecule has 0 bridgehead atoms. The smallest absolute Gasteiger partial charge is 0.124 e. The molecule has 0 amide bonds. The van der Waals surface area contributed by atoms with Crippen molar-refractivity contribution >= 4 is 27.5 Å². The first kappa shape index (κ1) is 13.4. The quantitative estimate of drug-likeness (QED) is 0.650. The number of nitrogens with zero attached hydrogens (tertiary/aromatic N) is 1. The Morgan fingerprint density at radius 1 is 1.44 bits per heavy atom. The van der Waals surface area contributed by atoms with Gasteiger partial charge in [-0.2, -0.15) is 0 Å². The van der Waals surface area contributed by atoms with E-state index in [4.69, 9.17) is 11.1 Å². The molecular formula is C14H20BrN3. The molecule has 2 unspecified atom stereocenters. The van der Waals surface area contributed by atoms with E-state index in [9.17, 15) is 0 Å². The molecule has 1 heterocycles. The Hall–Kier alpha value is -1.03. The van der Waals surface area contributed by atoms with Gasteiger partial charge in [-0.15, -0.1) is 0 Å². The van der Waals surface area contributed by atoms with E-state index in [0.29, 0.717) is 6.04 Å². The van der Waals surface area contributed by atoms with E-state index in [2.05, 4.69) is 40.7 Å². The van der Waals surface area contributed by atoms with Crippen molar-refractivity contribution in [2.45, 2.75) is 32.7 Å². The van der Waals surface area contributed by atoms with Gasteiger partial charge < -0.3 is 10.6 Å². The zero-order valence-electron chi connectivity index (χ0n) is 10.9. The third kappa shape index (κ3) is 2.69. The molecule has 0 spiro atoms. The van der Waals surface area contributed by atoms with E-state index in [0.717, 1.165) is 28.2 Å². The number of piperidine rings is 1. The molecule has 1 aliphatic heterocycles. The minimum absolute atomic E-state index is 0.142. The van der Waals surface area contributed by atoms with Gasteiger partial charge >= 0.3 is 0 Å². The Morgan fingerprint density at radius 3 is 2.78 bits per heavy atom. The van der Waals surface area contributed by atoms with Crippen LogP contribution in [0.15, 0.2) is 22.7 Å². The monoisotopic (exact) mass is 309 g/mol. The summed E-state index contributed by atoms with van der Waals surface area (Å²) in [6.45, 7) is 5.60. The van der Waals surface area contributed by atoms with Gasteiger partial charge in [0.2, 0.25) is 0 Å². The lowest BCUT2D eigenvalue weighted by Gasteiger charge is -2.39. The molecule has 1 fully saturated rings. The third-order valence-corrected chi connectivity index (χ3v) is 4.19. The van der Waals surface area contributed by atoms with Crippen LogP contribution in [0.2, 0.25) is 0 Å². The lowest BCUT2D eigenvalue weighted by molar-refractivity contribution is 0.378. The number of hydrogen-bond donors (Lipinski definition) is 2. The maximum Gasteiger partial charge on any atom is 0.124 e. The fraction of sp³-hybridized carbons (Fsp3) is 0.500. The number of hydrogen-bond acceptors (Lipinski definition) is 2. The molecule has 1 aliphatic rings. The molecule has 98 valence electrons. The number of nitrogens with two attached hydrogens (primary N) is 1. The molecule has 2 rings (SSSR count). The molecule has 3 nitrogen and oxygen atoms in total.